The molecule has 0 aromatic carbocycles. The van der Waals surface area contributed by atoms with Gasteiger partial charge in [0.15, 0.2) is 11.5 Å². The predicted molar refractivity (Wildman–Crippen MR) is 116 cm³/mol. The van der Waals surface area contributed by atoms with Gasteiger partial charge in [0.05, 0.1) is 0 Å². The quantitative estimate of drug-likeness (QED) is 0.476. The SMILES string of the molecule is Cc1c(N2CCc3ncc(-c4cccs4)cc3C2)nn2c(=O)cc(C(F)F)nc2c1C. The van der Waals surface area contributed by atoms with Gasteiger partial charge in [-0.2, -0.15) is 4.52 Å². The Morgan fingerprint density at radius 2 is 2.03 bits per heavy atom. The molecular formula is C22H19F2N5OS. The number of rotatable bonds is 3. The van der Waals surface area contributed by atoms with E-state index in [0.717, 1.165) is 44.3 Å². The lowest BCUT2D eigenvalue weighted by Gasteiger charge is -2.31. The van der Waals surface area contributed by atoms with E-state index >= 15 is 0 Å². The summed E-state index contributed by atoms with van der Waals surface area (Å²) in [6.07, 6.45) is -0.133. The molecule has 0 unspecified atom stereocenters. The highest BCUT2D eigenvalue weighted by Crippen LogP contribution is 2.31. The van der Waals surface area contributed by atoms with E-state index in [-0.39, 0.29) is 5.65 Å². The number of halogens is 2. The summed E-state index contributed by atoms with van der Waals surface area (Å²) in [6, 6.07) is 7.10. The smallest absolute Gasteiger partial charge is 0.280 e. The lowest BCUT2D eigenvalue weighted by molar-refractivity contribution is 0.146. The zero-order chi connectivity index (χ0) is 21.7. The van der Waals surface area contributed by atoms with Gasteiger partial charge in [0.2, 0.25) is 0 Å². The van der Waals surface area contributed by atoms with Crippen LogP contribution in [-0.4, -0.2) is 26.1 Å². The summed E-state index contributed by atoms with van der Waals surface area (Å²) in [7, 11) is 0. The summed E-state index contributed by atoms with van der Waals surface area (Å²) in [6.45, 7) is 4.98. The number of hydrogen-bond acceptors (Lipinski definition) is 6. The fourth-order valence-electron chi connectivity index (χ4n) is 3.94. The van der Waals surface area contributed by atoms with Gasteiger partial charge in [-0.3, -0.25) is 9.78 Å². The van der Waals surface area contributed by atoms with E-state index in [2.05, 4.69) is 32.1 Å². The first-order chi connectivity index (χ1) is 14.9. The minimum absolute atomic E-state index is 0.170. The highest BCUT2D eigenvalue weighted by molar-refractivity contribution is 7.13. The van der Waals surface area contributed by atoms with Gasteiger partial charge >= 0.3 is 0 Å². The standard InChI is InChI=1S/C22H19F2N5OS/c1-12-13(2)22(27-29-19(30)9-17(20(23)24)26-21(12)29)28-6-5-16-15(11-28)8-14(10-25-16)18-4-3-7-31-18/h3-4,7-10,20H,5-6,11H2,1-2H3. The van der Waals surface area contributed by atoms with Crippen molar-refractivity contribution in [1.82, 2.24) is 19.6 Å². The minimum Gasteiger partial charge on any atom is -0.350 e. The van der Waals surface area contributed by atoms with E-state index in [4.69, 9.17) is 0 Å². The maximum absolute atomic E-state index is 13.1. The summed E-state index contributed by atoms with van der Waals surface area (Å²) < 4.78 is 27.3. The van der Waals surface area contributed by atoms with Crippen LogP contribution in [0, 0.1) is 13.8 Å². The highest BCUT2D eigenvalue weighted by Gasteiger charge is 2.24. The molecule has 1 aliphatic rings. The van der Waals surface area contributed by atoms with Crippen LogP contribution >= 0.6 is 11.3 Å². The van der Waals surface area contributed by atoms with Crippen molar-refractivity contribution in [2.45, 2.75) is 33.2 Å². The maximum atomic E-state index is 13.1. The van der Waals surface area contributed by atoms with Crippen LogP contribution in [-0.2, 0) is 13.0 Å². The van der Waals surface area contributed by atoms with Crippen LogP contribution in [0.4, 0.5) is 14.6 Å². The predicted octanol–water partition coefficient (Wildman–Crippen LogP) is 4.33. The first-order valence-corrected chi connectivity index (χ1v) is 10.8. The van der Waals surface area contributed by atoms with Gasteiger partial charge in [-0.05, 0) is 36.9 Å². The van der Waals surface area contributed by atoms with Crippen molar-refractivity contribution >= 4 is 22.8 Å². The van der Waals surface area contributed by atoms with Crippen molar-refractivity contribution in [3.05, 3.63) is 74.3 Å². The Hall–Kier alpha value is -3.20. The Morgan fingerprint density at radius 3 is 2.77 bits per heavy atom. The Balaban J connectivity index is 1.57. The number of thiophene rings is 1. The lowest BCUT2D eigenvalue weighted by Crippen LogP contribution is -2.34. The van der Waals surface area contributed by atoms with Crippen molar-refractivity contribution in [3.8, 4) is 10.4 Å². The molecule has 5 rings (SSSR count). The molecule has 6 nitrogen and oxygen atoms in total. The zero-order valence-electron chi connectivity index (χ0n) is 17.0. The second-order valence-corrected chi connectivity index (χ2v) is 8.56. The average molecular weight is 439 g/mol. The summed E-state index contributed by atoms with van der Waals surface area (Å²) in [5.74, 6) is 0.658. The Labute approximate surface area is 180 Å². The van der Waals surface area contributed by atoms with Crippen LogP contribution in [0.1, 0.15) is 34.5 Å². The third kappa shape index (κ3) is 3.38. The molecule has 4 aromatic heterocycles. The summed E-state index contributed by atoms with van der Waals surface area (Å²) >= 11 is 1.67. The van der Waals surface area contributed by atoms with Crippen LogP contribution < -0.4 is 10.5 Å². The van der Waals surface area contributed by atoms with E-state index in [1.165, 1.54) is 0 Å². The molecule has 0 spiro atoms. The molecule has 9 heteroatoms. The van der Waals surface area contributed by atoms with E-state index < -0.39 is 17.7 Å². The maximum Gasteiger partial charge on any atom is 0.280 e. The van der Waals surface area contributed by atoms with Crippen molar-refractivity contribution in [2.75, 3.05) is 11.4 Å². The molecular weight excluding hydrogens is 420 g/mol. The third-order valence-corrected chi connectivity index (χ3v) is 6.63. The molecule has 31 heavy (non-hydrogen) atoms. The topological polar surface area (TPSA) is 63.4 Å². The molecule has 0 fully saturated rings. The number of anilines is 1. The van der Waals surface area contributed by atoms with Crippen molar-refractivity contribution in [2.24, 2.45) is 0 Å². The molecule has 0 atom stereocenters. The van der Waals surface area contributed by atoms with E-state index in [9.17, 15) is 13.6 Å². The molecule has 5 heterocycles. The minimum atomic E-state index is -2.80. The van der Waals surface area contributed by atoms with E-state index in [1.54, 1.807) is 18.3 Å². The number of alkyl halides is 2. The van der Waals surface area contributed by atoms with Crippen molar-refractivity contribution in [1.29, 1.82) is 0 Å². The number of aryl methyl sites for hydroxylation is 1. The number of pyridine rings is 1. The molecule has 0 radical (unpaired) electrons. The van der Waals surface area contributed by atoms with E-state index in [0.29, 0.717) is 24.5 Å². The molecule has 4 aromatic rings. The van der Waals surface area contributed by atoms with Crippen LogP contribution in [0.3, 0.4) is 0 Å². The Kier molecular flexibility index (Phi) is 4.77. The molecule has 0 aliphatic carbocycles. The van der Waals surface area contributed by atoms with Crippen molar-refractivity contribution < 1.29 is 8.78 Å². The van der Waals surface area contributed by atoms with E-state index in [1.807, 2.05) is 24.6 Å². The number of hydrogen-bond donors (Lipinski definition) is 0. The molecule has 0 saturated carbocycles. The first-order valence-electron chi connectivity index (χ1n) is 9.88. The molecule has 0 bridgehead atoms. The third-order valence-electron chi connectivity index (χ3n) is 5.71. The molecule has 158 valence electrons. The van der Waals surface area contributed by atoms with Gasteiger partial charge in [0.25, 0.3) is 12.0 Å². The number of fused-ring (bicyclic) bond motifs is 2. The number of aromatic nitrogens is 4. The first kappa shape index (κ1) is 19.7. The van der Waals surface area contributed by atoms with Gasteiger partial charge in [-0.25, -0.2) is 13.8 Å². The van der Waals surface area contributed by atoms with Crippen LogP contribution in [0.5, 0.6) is 0 Å². The molecule has 0 amide bonds. The van der Waals surface area contributed by atoms with Crippen LogP contribution in [0.15, 0.2) is 40.6 Å². The lowest BCUT2D eigenvalue weighted by atomic mass is 10.0. The zero-order valence-corrected chi connectivity index (χ0v) is 17.8. The fourth-order valence-corrected chi connectivity index (χ4v) is 4.64. The monoisotopic (exact) mass is 439 g/mol. The van der Waals surface area contributed by atoms with Gasteiger partial charge in [-0.1, -0.05) is 6.07 Å². The fraction of sp³-hybridized carbons (Fsp3) is 0.273. The van der Waals surface area contributed by atoms with Crippen LogP contribution in [0.25, 0.3) is 16.1 Å². The van der Waals surface area contributed by atoms with Crippen LogP contribution in [0.2, 0.25) is 0 Å². The highest BCUT2D eigenvalue weighted by atomic mass is 32.1. The van der Waals surface area contributed by atoms with Gasteiger partial charge in [0, 0.05) is 59.0 Å². The Bertz CT molecular complexity index is 1350. The summed E-state index contributed by atoms with van der Waals surface area (Å²) in [5.41, 5.74) is 3.79. The second-order valence-electron chi connectivity index (χ2n) is 7.61. The normalized spacial score (nSPS) is 13.8. The van der Waals surface area contributed by atoms with Gasteiger partial charge < -0.3 is 4.90 Å². The largest absolute Gasteiger partial charge is 0.350 e. The average Bonchev–Trinajstić information content (AvgIpc) is 3.30. The Morgan fingerprint density at radius 1 is 1.19 bits per heavy atom. The van der Waals surface area contributed by atoms with Gasteiger partial charge in [-0.15, -0.1) is 16.4 Å². The van der Waals surface area contributed by atoms with Gasteiger partial charge in [0.1, 0.15) is 5.69 Å². The summed E-state index contributed by atoms with van der Waals surface area (Å²) in [5, 5.41) is 6.55. The molecule has 1 aliphatic heterocycles. The number of nitrogens with zero attached hydrogens (tertiary/aromatic N) is 5. The van der Waals surface area contributed by atoms with Crippen molar-refractivity contribution in [3.63, 3.8) is 0 Å². The molecule has 0 N–H and O–H groups in total. The molecule has 0 saturated heterocycles. The second kappa shape index (κ2) is 7.49. The summed E-state index contributed by atoms with van der Waals surface area (Å²) in [4.78, 5) is 24.4.